The second kappa shape index (κ2) is 10.2. The SMILES string of the molecule is C=C(C)[CH2][Ge]([CH2]CCC)([CH2]CCC)[CH2]CCC. The van der Waals surface area contributed by atoms with E-state index in [1.54, 1.807) is 15.8 Å². The summed E-state index contributed by atoms with van der Waals surface area (Å²) in [6, 6.07) is 0. The van der Waals surface area contributed by atoms with E-state index in [1.165, 1.54) is 49.4 Å². The fraction of sp³-hybridized carbons (Fsp3) is 0.875. The van der Waals surface area contributed by atoms with E-state index in [-0.39, 0.29) is 0 Å². The van der Waals surface area contributed by atoms with Gasteiger partial charge in [0.05, 0.1) is 0 Å². The van der Waals surface area contributed by atoms with Crippen LogP contribution in [-0.2, 0) is 0 Å². The van der Waals surface area contributed by atoms with Gasteiger partial charge in [-0.15, -0.1) is 0 Å². The summed E-state index contributed by atoms with van der Waals surface area (Å²) >= 11 is -1.58. The zero-order valence-corrected chi connectivity index (χ0v) is 14.9. The average Bonchev–Trinajstić information content (AvgIpc) is 2.30. The maximum absolute atomic E-state index is 4.21. The van der Waals surface area contributed by atoms with Crippen LogP contribution in [0.1, 0.15) is 66.2 Å². The molecule has 0 radical (unpaired) electrons. The van der Waals surface area contributed by atoms with Crippen molar-refractivity contribution in [3.05, 3.63) is 12.2 Å². The molecule has 0 aromatic heterocycles. The van der Waals surface area contributed by atoms with Gasteiger partial charge in [-0.1, -0.05) is 0 Å². The molecule has 0 saturated heterocycles. The first-order valence-corrected chi connectivity index (χ1v) is 13.7. The molecule has 1 heteroatoms. The van der Waals surface area contributed by atoms with Crippen LogP contribution in [0.2, 0.25) is 21.0 Å². The summed E-state index contributed by atoms with van der Waals surface area (Å²) in [5.41, 5.74) is 1.47. The molecule has 0 aliphatic carbocycles. The Morgan fingerprint density at radius 2 is 1.18 bits per heavy atom. The first-order chi connectivity index (χ1) is 8.10. The van der Waals surface area contributed by atoms with Crippen LogP contribution in [0.5, 0.6) is 0 Å². The van der Waals surface area contributed by atoms with Gasteiger partial charge in [0.15, 0.2) is 0 Å². The Morgan fingerprint density at radius 1 is 0.824 bits per heavy atom. The molecule has 0 aromatic carbocycles. The molecule has 0 atom stereocenters. The summed E-state index contributed by atoms with van der Waals surface area (Å²) in [4.78, 5) is 0. The van der Waals surface area contributed by atoms with Crippen LogP contribution >= 0.6 is 0 Å². The first kappa shape index (κ1) is 17.3. The quantitative estimate of drug-likeness (QED) is 0.305. The molecule has 0 aliphatic heterocycles. The number of hydrogen-bond donors (Lipinski definition) is 0. The van der Waals surface area contributed by atoms with E-state index in [0.29, 0.717) is 0 Å². The van der Waals surface area contributed by atoms with Crippen LogP contribution in [0.4, 0.5) is 0 Å². The third kappa shape index (κ3) is 8.07. The normalized spacial score (nSPS) is 11.8. The molecule has 0 N–H and O–H groups in total. The minimum atomic E-state index is -1.58. The molecule has 0 aliphatic rings. The molecular weight excluding hydrogens is 265 g/mol. The van der Waals surface area contributed by atoms with Crippen LogP contribution in [-0.4, -0.2) is 13.3 Å². The zero-order chi connectivity index (χ0) is 13.1. The van der Waals surface area contributed by atoms with Gasteiger partial charge in [-0.2, -0.15) is 0 Å². The molecule has 0 saturated carbocycles. The number of unbranched alkanes of at least 4 members (excludes halogenated alkanes) is 3. The van der Waals surface area contributed by atoms with Gasteiger partial charge in [0.2, 0.25) is 0 Å². The van der Waals surface area contributed by atoms with Crippen LogP contribution in [0.3, 0.4) is 0 Å². The number of rotatable bonds is 11. The maximum atomic E-state index is 4.21. The average molecular weight is 299 g/mol. The molecular formula is C16H34Ge. The van der Waals surface area contributed by atoms with Crippen LogP contribution in [0, 0.1) is 0 Å². The Balaban J connectivity index is 4.56. The van der Waals surface area contributed by atoms with Gasteiger partial charge in [-0.3, -0.25) is 0 Å². The molecule has 0 fully saturated rings. The molecule has 0 heterocycles. The molecule has 0 nitrogen and oxygen atoms in total. The predicted molar refractivity (Wildman–Crippen MR) is 84.5 cm³/mol. The standard InChI is InChI=1S/C16H34Ge/c1-6-9-12-17(13-10-7-2,14-11-8-3)15-16(4)5/h4,6-15H2,1-3,5H3. The molecule has 17 heavy (non-hydrogen) atoms. The van der Waals surface area contributed by atoms with Gasteiger partial charge in [-0.05, 0) is 0 Å². The molecule has 0 aromatic rings. The Bertz CT molecular complexity index is 174. The van der Waals surface area contributed by atoms with Crippen molar-refractivity contribution < 1.29 is 0 Å². The van der Waals surface area contributed by atoms with Crippen LogP contribution < -0.4 is 0 Å². The van der Waals surface area contributed by atoms with E-state index in [9.17, 15) is 0 Å². The fourth-order valence-corrected chi connectivity index (χ4v) is 15.3. The Labute approximate surface area is 113 Å². The summed E-state index contributed by atoms with van der Waals surface area (Å²) < 4.78 is 0. The van der Waals surface area contributed by atoms with Crippen molar-refractivity contribution >= 4 is 13.3 Å². The van der Waals surface area contributed by atoms with E-state index in [4.69, 9.17) is 0 Å². The van der Waals surface area contributed by atoms with Crippen molar-refractivity contribution in [2.45, 2.75) is 87.2 Å². The minimum absolute atomic E-state index is 1.38. The van der Waals surface area contributed by atoms with E-state index in [1.807, 2.05) is 0 Å². The number of hydrogen-bond acceptors (Lipinski definition) is 0. The molecule has 0 amide bonds. The van der Waals surface area contributed by atoms with Crippen molar-refractivity contribution in [1.29, 1.82) is 0 Å². The third-order valence-corrected chi connectivity index (χ3v) is 15.6. The van der Waals surface area contributed by atoms with Crippen molar-refractivity contribution in [3.8, 4) is 0 Å². The fourth-order valence-electron chi connectivity index (χ4n) is 2.94. The van der Waals surface area contributed by atoms with Gasteiger partial charge in [-0.25, -0.2) is 0 Å². The van der Waals surface area contributed by atoms with Crippen LogP contribution in [0.25, 0.3) is 0 Å². The van der Waals surface area contributed by atoms with E-state index < -0.39 is 13.3 Å². The van der Waals surface area contributed by atoms with Gasteiger partial charge in [0.25, 0.3) is 0 Å². The Morgan fingerprint density at radius 3 is 1.41 bits per heavy atom. The molecule has 0 unspecified atom stereocenters. The second-order valence-electron chi connectivity index (χ2n) is 5.94. The van der Waals surface area contributed by atoms with Crippen molar-refractivity contribution in [2.75, 3.05) is 0 Å². The molecule has 0 rings (SSSR count). The van der Waals surface area contributed by atoms with Gasteiger partial charge < -0.3 is 0 Å². The molecule has 0 spiro atoms. The molecule has 102 valence electrons. The third-order valence-electron chi connectivity index (χ3n) is 3.86. The summed E-state index contributed by atoms with van der Waals surface area (Å²) in [5.74, 6) is 0. The summed E-state index contributed by atoms with van der Waals surface area (Å²) in [7, 11) is 0. The zero-order valence-electron chi connectivity index (χ0n) is 12.8. The van der Waals surface area contributed by atoms with E-state index in [2.05, 4.69) is 34.3 Å². The van der Waals surface area contributed by atoms with Gasteiger partial charge in [0, 0.05) is 0 Å². The van der Waals surface area contributed by atoms with Crippen molar-refractivity contribution in [2.24, 2.45) is 0 Å². The monoisotopic (exact) mass is 300 g/mol. The predicted octanol–water partition coefficient (Wildman–Crippen LogP) is 6.41. The van der Waals surface area contributed by atoms with E-state index >= 15 is 0 Å². The summed E-state index contributed by atoms with van der Waals surface area (Å²) in [6.45, 7) is 13.5. The van der Waals surface area contributed by atoms with Gasteiger partial charge in [0.1, 0.15) is 0 Å². The summed E-state index contributed by atoms with van der Waals surface area (Å²) in [5, 5.41) is 6.25. The van der Waals surface area contributed by atoms with Crippen LogP contribution in [0.15, 0.2) is 12.2 Å². The number of allylic oxidation sites excluding steroid dienone is 1. The van der Waals surface area contributed by atoms with Gasteiger partial charge >= 0.3 is 113 Å². The Hall–Kier alpha value is 0.283. The van der Waals surface area contributed by atoms with E-state index in [0.717, 1.165) is 0 Å². The molecule has 0 bridgehead atoms. The topological polar surface area (TPSA) is 0 Å². The first-order valence-electron chi connectivity index (χ1n) is 7.74. The Kier molecular flexibility index (Phi) is 10.4. The van der Waals surface area contributed by atoms with Crippen molar-refractivity contribution in [1.82, 2.24) is 0 Å². The second-order valence-corrected chi connectivity index (χ2v) is 16.1. The van der Waals surface area contributed by atoms with Crippen molar-refractivity contribution in [3.63, 3.8) is 0 Å². The summed E-state index contributed by atoms with van der Waals surface area (Å²) in [6.07, 6.45) is 8.55.